The molecular weight excluding hydrogens is 459 g/mol. The van der Waals surface area contributed by atoms with E-state index in [1.165, 1.54) is 9.13 Å². The van der Waals surface area contributed by atoms with Crippen molar-refractivity contribution in [2.45, 2.75) is 25.9 Å². The molecule has 0 saturated heterocycles. The summed E-state index contributed by atoms with van der Waals surface area (Å²) in [7, 11) is 0. The molecule has 0 bridgehead atoms. The van der Waals surface area contributed by atoms with Gasteiger partial charge in [0.1, 0.15) is 0 Å². The maximum Gasteiger partial charge on any atom is 0.337 e. The molecule has 4 aromatic rings. The molecule has 31 heavy (non-hydrogen) atoms. The lowest BCUT2D eigenvalue weighted by molar-refractivity contribution is 0.567. The first-order valence-electron chi connectivity index (χ1n) is 9.83. The Labute approximate surface area is 192 Å². The third kappa shape index (κ3) is 3.80. The summed E-state index contributed by atoms with van der Waals surface area (Å²) in [6.45, 7) is 0.768. The van der Waals surface area contributed by atoms with Crippen LogP contribution in [0.1, 0.15) is 18.4 Å². The first kappa shape index (κ1) is 20.4. The van der Waals surface area contributed by atoms with E-state index in [1.807, 2.05) is 6.07 Å². The van der Waals surface area contributed by atoms with Crippen molar-refractivity contribution in [1.82, 2.24) is 18.7 Å². The topological polar surface area (TPSA) is 61.8 Å². The summed E-state index contributed by atoms with van der Waals surface area (Å²) in [6.07, 6.45) is 3.61. The highest BCUT2D eigenvalue weighted by molar-refractivity contribution is 6.42. The number of aromatic nitrogens is 4. The quantitative estimate of drug-likeness (QED) is 0.418. The molecule has 6 nitrogen and oxygen atoms in total. The maximum absolute atomic E-state index is 13.4. The van der Waals surface area contributed by atoms with Crippen LogP contribution in [-0.4, -0.2) is 18.7 Å². The second kappa shape index (κ2) is 7.86. The number of halogens is 3. The number of fused-ring (bicyclic) bond motifs is 1. The number of benzene rings is 2. The molecule has 1 saturated carbocycles. The second-order valence-electron chi connectivity index (χ2n) is 7.75. The van der Waals surface area contributed by atoms with Crippen LogP contribution in [-0.2, 0) is 13.1 Å². The third-order valence-corrected chi connectivity index (χ3v) is 6.45. The third-order valence-electron chi connectivity index (χ3n) is 5.46. The van der Waals surface area contributed by atoms with Crippen molar-refractivity contribution in [3.8, 4) is 5.69 Å². The SMILES string of the molecule is O=c1c2c(ncn2Cc2ccc(Cl)c(Cl)c2)n(-c2ccc(Cl)cc2)c(=O)n1CC1CC1. The normalized spacial score (nSPS) is 13.8. The Hall–Kier alpha value is -2.54. The minimum Gasteiger partial charge on any atom is -0.320 e. The van der Waals surface area contributed by atoms with Crippen molar-refractivity contribution in [2.75, 3.05) is 0 Å². The molecule has 0 amide bonds. The van der Waals surface area contributed by atoms with Crippen LogP contribution in [0.5, 0.6) is 0 Å². The molecule has 0 N–H and O–H groups in total. The summed E-state index contributed by atoms with van der Waals surface area (Å²) in [4.78, 5) is 31.1. The van der Waals surface area contributed by atoms with Crippen molar-refractivity contribution >= 4 is 46.0 Å². The van der Waals surface area contributed by atoms with Gasteiger partial charge >= 0.3 is 5.69 Å². The molecule has 1 aliphatic carbocycles. The van der Waals surface area contributed by atoms with E-state index in [-0.39, 0.29) is 5.56 Å². The average molecular weight is 476 g/mol. The lowest BCUT2D eigenvalue weighted by Crippen LogP contribution is -2.40. The second-order valence-corrected chi connectivity index (χ2v) is 9.00. The Kier molecular flexibility index (Phi) is 5.16. The molecule has 158 valence electrons. The molecule has 2 heterocycles. The van der Waals surface area contributed by atoms with Gasteiger partial charge in [0.15, 0.2) is 11.2 Å². The van der Waals surface area contributed by atoms with Crippen LogP contribution in [0.2, 0.25) is 15.1 Å². The van der Waals surface area contributed by atoms with Crippen LogP contribution in [0.4, 0.5) is 0 Å². The monoisotopic (exact) mass is 474 g/mol. The van der Waals surface area contributed by atoms with Crippen molar-refractivity contribution < 1.29 is 0 Å². The number of nitrogens with zero attached hydrogens (tertiary/aromatic N) is 4. The lowest BCUT2D eigenvalue weighted by atomic mass is 10.2. The zero-order valence-electron chi connectivity index (χ0n) is 16.3. The van der Waals surface area contributed by atoms with E-state index in [0.29, 0.717) is 50.9 Å². The van der Waals surface area contributed by atoms with Gasteiger partial charge in [-0.05, 0) is 60.7 Å². The highest BCUT2D eigenvalue weighted by Gasteiger charge is 2.26. The fourth-order valence-electron chi connectivity index (χ4n) is 3.68. The Balaban J connectivity index is 1.72. The van der Waals surface area contributed by atoms with E-state index in [2.05, 4.69) is 4.98 Å². The number of hydrogen-bond donors (Lipinski definition) is 0. The zero-order chi connectivity index (χ0) is 21.7. The summed E-state index contributed by atoms with van der Waals surface area (Å²) >= 11 is 18.2. The molecule has 0 atom stereocenters. The van der Waals surface area contributed by atoms with Crippen LogP contribution in [0, 0.1) is 5.92 Å². The van der Waals surface area contributed by atoms with E-state index in [1.54, 1.807) is 47.3 Å². The average Bonchev–Trinajstić information content (AvgIpc) is 3.48. The highest BCUT2D eigenvalue weighted by atomic mass is 35.5. The van der Waals surface area contributed by atoms with Gasteiger partial charge in [0.2, 0.25) is 0 Å². The van der Waals surface area contributed by atoms with Crippen molar-refractivity contribution in [2.24, 2.45) is 5.92 Å². The summed E-state index contributed by atoms with van der Waals surface area (Å²) in [5.41, 5.74) is 1.40. The van der Waals surface area contributed by atoms with Crippen LogP contribution in [0.3, 0.4) is 0 Å². The van der Waals surface area contributed by atoms with Gasteiger partial charge in [0, 0.05) is 18.1 Å². The van der Waals surface area contributed by atoms with Crippen LogP contribution >= 0.6 is 34.8 Å². The minimum absolute atomic E-state index is 0.310. The molecular formula is C22H17Cl3N4O2. The van der Waals surface area contributed by atoms with E-state index in [4.69, 9.17) is 34.8 Å². The van der Waals surface area contributed by atoms with Gasteiger partial charge in [-0.2, -0.15) is 0 Å². The van der Waals surface area contributed by atoms with E-state index >= 15 is 0 Å². The fourth-order valence-corrected chi connectivity index (χ4v) is 4.12. The molecule has 9 heteroatoms. The molecule has 2 aromatic heterocycles. The molecule has 2 aromatic carbocycles. The first-order chi connectivity index (χ1) is 14.9. The minimum atomic E-state index is -0.397. The Morgan fingerprint density at radius 3 is 2.39 bits per heavy atom. The van der Waals surface area contributed by atoms with Gasteiger partial charge in [-0.3, -0.25) is 9.36 Å². The fraction of sp³-hybridized carbons (Fsp3) is 0.227. The summed E-state index contributed by atoms with van der Waals surface area (Å²) in [5, 5.41) is 1.46. The van der Waals surface area contributed by atoms with E-state index in [9.17, 15) is 9.59 Å². The largest absolute Gasteiger partial charge is 0.337 e. The number of rotatable bonds is 5. The van der Waals surface area contributed by atoms with E-state index in [0.717, 1.165) is 18.4 Å². The molecule has 0 spiro atoms. The zero-order valence-corrected chi connectivity index (χ0v) is 18.5. The van der Waals surface area contributed by atoms with Gasteiger partial charge in [0.25, 0.3) is 5.56 Å². The van der Waals surface area contributed by atoms with Gasteiger partial charge in [-0.25, -0.2) is 14.3 Å². The van der Waals surface area contributed by atoms with Crippen molar-refractivity contribution in [3.63, 3.8) is 0 Å². The van der Waals surface area contributed by atoms with Crippen LogP contribution in [0.15, 0.2) is 58.4 Å². The number of hydrogen-bond acceptors (Lipinski definition) is 3. The van der Waals surface area contributed by atoms with Crippen molar-refractivity contribution in [3.05, 3.63) is 90.3 Å². The van der Waals surface area contributed by atoms with Crippen LogP contribution in [0.25, 0.3) is 16.9 Å². The lowest BCUT2D eigenvalue weighted by Gasteiger charge is -2.13. The Bertz CT molecular complexity index is 1420. The van der Waals surface area contributed by atoms with Crippen molar-refractivity contribution in [1.29, 1.82) is 0 Å². The maximum atomic E-state index is 13.4. The molecule has 0 radical (unpaired) electrons. The van der Waals surface area contributed by atoms with Gasteiger partial charge in [-0.15, -0.1) is 0 Å². The summed E-state index contributed by atoms with van der Waals surface area (Å²) in [6, 6.07) is 12.2. The first-order valence-corrected chi connectivity index (χ1v) is 11.0. The Morgan fingerprint density at radius 2 is 1.71 bits per heavy atom. The van der Waals surface area contributed by atoms with Gasteiger partial charge in [0.05, 0.1) is 22.1 Å². The standard InChI is InChI=1S/C22H17Cl3N4O2/c23-15-4-6-16(7-5-15)29-20-19(21(30)28(22(29)31)11-13-1-2-13)27(12-26-20)10-14-3-8-17(24)18(25)9-14/h3-9,12-13H,1-2,10-11H2. The number of imidazole rings is 1. The summed E-state index contributed by atoms with van der Waals surface area (Å²) in [5.74, 6) is 0.355. The highest BCUT2D eigenvalue weighted by Crippen LogP contribution is 2.30. The Morgan fingerprint density at radius 1 is 0.968 bits per heavy atom. The predicted octanol–water partition coefficient (Wildman–Crippen LogP) is 4.77. The predicted molar refractivity (Wildman–Crippen MR) is 123 cm³/mol. The molecule has 0 unspecified atom stereocenters. The van der Waals surface area contributed by atoms with Gasteiger partial charge in [-0.1, -0.05) is 40.9 Å². The molecule has 0 aliphatic heterocycles. The van der Waals surface area contributed by atoms with E-state index < -0.39 is 5.69 Å². The molecule has 1 fully saturated rings. The molecule has 1 aliphatic rings. The molecule has 5 rings (SSSR count). The van der Waals surface area contributed by atoms with Crippen LogP contribution < -0.4 is 11.2 Å². The summed E-state index contributed by atoms with van der Waals surface area (Å²) < 4.78 is 4.54. The van der Waals surface area contributed by atoms with Gasteiger partial charge < -0.3 is 4.57 Å². The smallest absolute Gasteiger partial charge is 0.320 e.